The lowest BCUT2D eigenvalue weighted by Crippen LogP contribution is -2.16. The molecule has 100 valence electrons. The maximum absolute atomic E-state index is 11.8. The van der Waals surface area contributed by atoms with E-state index in [-0.39, 0.29) is 16.0 Å². The van der Waals surface area contributed by atoms with Gasteiger partial charge in [-0.05, 0) is 24.3 Å². The van der Waals surface area contributed by atoms with Crippen molar-refractivity contribution >= 4 is 17.8 Å². The number of hydrogen-bond acceptors (Lipinski definition) is 4. The normalized spacial score (nSPS) is 11.1. The standard InChI is InChI=1S/C14H10N2O4/c17-14(12-6-8-13(9-7-12)16(19)20)15(18)10-11-4-2-1-3-5-11/h1-10H. The van der Waals surface area contributed by atoms with Crippen LogP contribution in [0.1, 0.15) is 15.9 Å². The van der Waals surface area contributed by atoms with Crippen LogP contribution in [-0.2, 0) is 0 Å². The highest BCUT2D eigenvalue weighted by Gasteiger charge is 2.16. The van der Waals surface area contributed by atoms with Gasteiger partial charge in [-0.2, -0.15) is 0 Å². The first-order chi connectivity index (χ1) is 9.58. The van der Waals surface area contributed by atoms with Crippen LogP contribution < -0.4 is 0 Å². The number of non-ortho nitro benzene ring substituents is 1. The third-order valence-electron chi connectivity index (χ3n) is 2.59. The molecule has 0 atom stereocenters. The Kier molecular flexibility index (Phi) is 3.85. The number of carbonyl (C=O) groups is 1. The van der Waals surface area contributed by atoms with Gasteiger partial charge in [0.2, 0.25) is 0 Å². The zero-order chi connectivity index (χ0) is 14.5. The maximum Gasteiger partial charge on any atom is 0.430 e. The summed E-state index contributed by atoms with van der Waals surface area (Å²) < 4.78 is 0.205. The van der Waals surface area contributed by atoms with Crippen molar-refractivity contribution in [1.29, 1.82) is 0 Å². The van der Waals surface area contributed by atoms with Crippen molar-refractivity contribution in [3.8, 4) is 0 Å². The van der Waals surface area contributed by atoms with Crippen molar-refractivity contribution in [3.63, 3.8) is 0 Å². The summed E-state index contributed by atoms with van der Waals surface area (Å²) in [5.74, 6) is -0.774. The van der Waals surface area contributed by atoms with E-state index in [0.29, 0.717) is 5.56 Å². The van der Waals surface area contributed by atoms with Crippen molar-refractivity contribution in [1.82, 2.24) is 0 Å². The molecule has 0 bridgehead atoms. The molecule has 0 radical (unpaired) electrons. The molecule has 0 fully saturated rings. The SMILES string of the molecule is O=C(c1ccc([N+](=O)[O-])cc1)[N+]([O-])=Cc1ccccc1. The number of hydrogen-bond donors (Lipinski definition) is 0. The Hall–Kier alpha value is -3.02. The fourth-order valence-corrected chi connectivity index (χ4v) is 1.59. The molecule has 6 heteroatoms. The first-order valence-electron chi connectivity index (χ1n) is 5.73. The first kappa shape index (κ1) is 13.4. The highest BCUT2D eigenvalue weighted by atomic mass is 16.6. The van der Waals surface area contributed by atoms with Gasteiger partial charge < -0.3 is 5.21 Å². The molecule has 0 aliphatic heterocycles. The summed E-state index contributed by atoms with van der Waals surface area (Å²) in [7, 11) is 0. The largest absolute Gasteiger partial charge is 0.616 e. The number of rotatable bonds is 3. The van der Waals surface area contributed by atoms with Crippen molar-refractivity contribution in [2.24, 2.45) is 0 Å². The van der Waals surface area contributed by atoms with Gasteiger partial charge in [-0.3, -0.25) is 10.1 Å². The second-order valence-electron chi connectivity index (χ2n) is 3.97. The molecule has 2 aromatic rings. The smallest absolute Gasteiger partial charge is 0.430 e. The molecule has 0 aromatic heterocycles. The number of nitrogens with zero attached hydrogens (tertiary/aromatic N) is 2. The van der Waals surface area contributed by atoms with Crippen LogP contribution in [0.5, 0.6) is 0 Å². The van der Waals surface area contributed by atoms with E-state index in [0.717, 1.165) is 6.21 Å². The Labute approximate surface area is 114 Å². The van der Waals surface area contributed by atoms with Crippen molar-refractivity contribution in [2.75, 3.05) is 0 Å². The van der Waals surface area contributed by atoms with Gasteiger partial charge in [-0.15, -0.1) is 4.74 Å². The van der Waals surface area contributed by atoms with Crippen molar-refractivity contribution < 1.29 is 14.5 Å². The molecule has 2 rings (SSSR count). The van der Waals surface area contributed by atoms with Crippen LogP contribution in [0, 0.1) is 15.3 Å². The summed E-state index contributed by atoms with van der Waals surface area (Å²) in [6.07, 6.45) is 1.16. The number of hydroxylamine groups is 1. The van der Waals surface area contributed by atoms with Gasteiger partial charge in [0, 0.05) is 17.7 Å². The molecule has 2 aromatic carbocycles. The van der Waals surface area contributed by atoms with E-state index >= 15 is 0 Å². The predicted octanol–water partition coefficient (Wildman–Crippen LogP) is 2.36. The van der Waals surface area contributed by atoms with Crippen LogP contribution in [0.4, 0.5) is 5.69 Å². The van der Waals surface area contributed by atoms with Crippen molar-refractivity contribution in [2.45, 2.75) is 0 Å². The Morgan fingerprint density at radius 1 is 0.950 bits per heavy atom. The van der Waals surface area contributed by atoms with Crippen molar-refractivity contribution in [3.05, 3.63) is 81.0 Å². The Morgan fingerprint density at radius 2 is 1.55 bits per heavy atom. The summed E-state index contributed by atoms with van der Waals surface area (Å²) in [6, 6.07) is 13.5. The number of amides is 1. The Morgan fingerprint density at radius 3 is 2.10 bits per heavy atom. The molecule has 0 unspecified atom stereocenters. The van der Waals surface area contributed by atoms with E-state index in [1.807, 2.05) is 0 Å². The van der Waals surface area contributed by atoms with Crippen LogP contribution in [0.2, 0.25) is 0 Å². The van der Waals surface area contributed by atoms with E-state index in [1.54, 1.807) is 30.3 Å². The summed E-state index contributed by atoms with van der Waals surface area (Å²) in [5.41, 5.74) is 0.557. The van der Waals surface area contributed by atoms with E-state index < -0.39 is 10.8 Å². The predicted molar refractivity (Wildman–Crippen MR) is 72.7 cm³/mol. The van der Waals surface area contributed by atoms with Crippen LogP contribution in [0.25, 0.3) is 0 Å². The summed E-state index contributed by atoms with van der Waals surface area (Å²) >= 11 is 0. The minimum atomic E-state index is -0.774. The zero-order valence-electron chi connectivity index (χ0n) is 10.3. The fourth-order valence-electron chi connectivity index (χ4n) is 1.59. The van der Waals surface area contributed by atoms with Crippen LogP contribution in [0.15, 0.2) is 54.6 Å². The van der Waals surface area contributed by atoms with Gasteiger partial charge in [0.1, 0.15) is 0 Å². The lowest BCUT2D eigenvalue weighted by atomic mass is 10.2. The average Bonchev–Trinajstić information content (AvgIpc) is 2.47. The zero-order valence-corrected chi connectivity index (χ0v) is 10.3. The fraction of sp³-hybridized carbons (Fsp3) is 0. The van der Waals surface area contributed by atoms with E-state index in [2.05, 4.69) is 0 Å². The molecule has 0 saturated heterocycles. The molecule has 0 N–H and O–H groups in total. The molecular weight excluding hydrogens is 260 g/mol. The summed E-state index contributed by atoms with van der Waals surface area (Å²) in [5, 5.41) is 22.2. The molecule has 0 spiro atoms. The van der Waals surface area contributed by atoms with Gasteiger partial charge in [0.25, 0.3) is 5.69 Å². The monoisotopic (exact) mass is 270 g/mol. The molecule has 6 nitrogen and oxygen atoms in total. The van der Waals surface area contributed by atoms with Crippen LogP contribution in [-0.4, -0.2) is 21.8 Å². The van der Waals surface area contributed by atoms with Gasteiger partial charge in [0.15, 0.2) is 6.21 Å². The second kappa shape index (κ2) is 5.75. The summed E-state index contributed by atoms with van der Waals surface area (Å²) in [6.45, 7) is 0. The number of benzene rings is 2. The minimum absolute atomic E-state index is 0.0952. The van der Waals surface area contributed by atoms with Gasteiger partial charge in [-0.25, -0.2) is 4.79 Å². The average molecular weight is 270 g/mol. The van der Waals surface area contributed by atoms with Gasteiger partial charge in [-0.1, -0.05) is 18.2 Å². The van der Waals surface area contributed by atoms with Crippen LogP contribution in [0.3, 0.4) is 0 Å². The number of nitro groups is 1. The van der Waals surface area contributed by atoms with E-state index in [4.69, 9.17) is 0 Å². The molecule has 20 heavy (non-hydrogen) atoms. The number of carbonyl (C=O) groups excluding carboxylic acids is 1. The molecule has 0 saturated carbocycles. The topological polar surface area (TPSA) is 86.3 Å². The molecule has 0 aliphatic carbocycles. The number of nitro benzene ring substituents is 1. The quantitative estimate of drug-likeness (QED) is 0.281. The molecule has 0 heterocycles. The molecule has 0 aliphatic rings. The third kappa shape index (κ3) is 3.05. The highest BCUT2D eigenvalue weighted by Crippen LogP contribution is 2.12. The Balaban J connectivity index is 2.22. The minimum Gasteiger partial charge on any atom is -0.616 e. The lowest BCUT2D eigenvalue weighted by molar-refractivity contribution is -0.384. The summed E-state index contributed by atoms with van der Waals surface area (Å²) in [4.78, 5) is 21.8. The van der Waals surface area contributed by atoms with E-state index in [9.17, 15) is 20.1 Å². The van der Waals surface area contributed by atoms with E-state index in [1.165, 1.54) is 24.3 Å². The third-order valence-corrected chi connectivity index (χ3v) is 2.59. The maximum atomic E-state index is 11.8. The highest BCUT2D eigenvalue weighted by molar-refractivity contribution is 5.92. The molecule has 1 amide bonds. The first-order valence-corrected chi connectivity index (χ1v) is 5.73. The Bertz CT molecular complexity index is 663. The van der Waals surface area contributed by atoms with Gasteiger partial charge >= 0.3 is 5.91 Å². The van der Waals surface area contributed by atoms with Gasteiger partial charge in [0.05, 0.1) is 10.5 Å². The lowest BCUT2D eigenvalue weighted by Gasteiger charge is -2.01. The second-order valence-corrected chi connectivity index (χ2v) is 3.97. The van der Waals surface area contributed by atoms with Crippen LogP contribution >= 0.6 is 0 Å². The molecular formula is C14H10N2O4.